The SMILES string of the molecule is CC=C[N+](CCC)(CCC)CCC.[OH-]. The van der Waals surface area contributed by atoms with Gasteiger partial charge in [-0.15, -0.1) is 0 Å². The number of hydrogen-bond donors (Lipinski definition) is 0. The molecule has 0 aromatic heterocycles. The van der Waals surface area contributed by atoms with Gasteiger partial charge in [-0.2, -0.15) is 0 Å². The Kier molecular flexibility index (Phi) is 10.6. The van der Waals surface area contributed by atoms with E-state index >= 15 is 0 Å². The summed E-state index contributed by atoms with van der Waals surface area (Å²) in [5.41, 5.74) is 0. The zero-order chi connectivity index (χ0) is 10.2. The second-order valence-corrected chi connectivity index (χ2v) is 3.87. The molecule has 0 saturated heterocycles. The van der Waals surface area contributed by atoms with Gasteiger partial charge < -0.3 is 5.48 Å². The Balaban J connectivity index is 0. The maximum atomic E-state index is 2.39. The first-order valence-electron chi connectivity index (χ1n) is 5.74. The van der Waals surface area contributed by atoms with Crippen molar-refractivity contribution in [2.75, 3.05) is 19.6 Å². The summed E-state index contributed by atoms with van der Waals surface area (Å²) in [6, 6.07) is 0. The smallest absolute Gasteiger partial charge is 0.0915 e. The fourth-order valence-corrected chi connectivity index (χ4v) is 2.21. The maximum absolute atomic E-state index is 2.39. The van der Waals surface area contributed by atoms with Crippen LogP contribution in [0.2, 0.25) is 0 Å². The molecule has 0 saturated carbocycles. The lowest BCUT2D eigenvalue weighted by Crippen LogP contribution is -2.44. The van der Waals surface area contributed by atoms with Gasteiger partial charge in [-0.3, -0.25) is 4.48 Å². The van der Waals surface area contributed by atoms with Gasteiger partial charge in [-0.05, 0) is 32.3 Å². The van der Waals surface area contributed by atoms with E-state index in [1.54, 1.807) is 0 Å². The van der Waals surface area contributed by atoms with Gasteiger partial charge in [0.25, 0.3) is 0 Å². The van der Waals surface area contributed by atoms with Crippen molar-refractivity contribution in [3.05, 3.63) is 12.3 Å². The summed E-state index contributed by atoms with van der Waals surface area (Å²) in [4.78, 5) is 0. The summed E-state index contributed by atoms with van der Waals surface area (Å²) >= 11 is 0. The van der Waals surface area contributed by atoms with Gasteiger partial charge >= 0.3 is 0 Å². The molecule has 0 aliphatic carbocycles. The largest absolute Gasteiger partial charge is 0.870 e. The van der Waals surface area contributed by atoms with E-state index in [-0.39, 0.29) is 5.48 Å². The van der Waals surface area contributed by atoms with Crippen LogP contribution in [0, 0.1) is 0 Å². The van der Waals surface area contributed by atoms with Crippen LogP contribution in [-0.4, -0.2) is 29.6 Å². The van der Waals surface area contributed by atoms with Crippen molar-refractivity contribution in [1.82, 2.24) is 0 Å². The molecule has 0 aromatic carbocycles. The molecule has 0 spiro atoms. The van der Waals surface area contributed by atoms with Crippen LogP contribution < -0.4 is 0 Å². The molecule has 0 rings (SSSR count). The molecule has 0 aliphatic heterocycles. The van der Waals surface area contributed by atoms with Gasteiger partial charge in [0.05, 0.1) is 25.8 Å². The molecule has 0 aromatic rings. The van der Waals surface area contributed by atoms with Crippen molar-refractivity contribution >= 4 is 0 Å². The molecule has 0 atom stereocenters. The standard InChI is InChI=1S/C12H26N.H2O/c1-5-9-13(10-6-2,11-7-3)12-8-4;/h5,9H,6-8,10-12H2,1-4H3;1H2/q+1;/p-1. The van der Waals surface area contributed by atoms with Gasteiger partial charge in [-0.25, -0.2) is 0 Å². The highest BCUT2D eigenvalue weighted by Crippen LogP contribution is 2.12. The van der Waals surface area contributed by atoms with Crippen LogP contribution in [0.25, 0.3) is 0 Å². The van der Waals surface area contributed by atoms with Gasteiger partial charge in [0, 0.05) is 0 Å². The first-order chi connectivity index (χ1) is 6.24. The number of allylic oxidation sites excluding steroid dienone is 1. The number of nitrogens with zero attached hydrogens (tertiary/aromatic N) is 1. The Morgan fingerprint density at radius 3 is 1.43 bits per heavy atom. The highest BCUT2D eigenvalue weighted by Gasteiger charge is 2.20. The third-order valence-corrected chi connectivity index (χ3v) is 2.47. The summed E-state index contributed by atoms with van der Waals surface area (Å²) in [7, 11) is 0. The quantitative estimate of drug-likeness (QED) is 0.581. The van der Waals surface area contributed by atoms with Crippen molar-refractivity contribution in [3.63, 3.8) is 0 Å². The molecular formula is C12H27NO. The molecule has 2 heteroatoms. The Bertz CT molecular complexity index is 126. The van der Waals surface area contributed by atoms with Crippen molar-refractivity contribution < 1.29 is 9.96 Å². The van der Waals surface area contributed by atoms with E-state index in [9.17, 15) is 0 Å². The first-order valence-corrected chi connectivity index (χ1v) is 5.74. The van der Waals surface area contributed by atoms with Crippen molar-refractivity contribution in [1.29, 1.82) is 0 Å². The zero-order valence-electron chi connectivity index (χ0n) is 10.3. The van der Waals surface area contributed by atoms with Crippen molar-refractivity contribution in [3.8, 4) is 0 Å². The fraction of sp³-hybridized carbons (Fsp3) is 0.833. The van der Waals surface area contributed by atoms with E-state index in [1.807, 2.05) is 0 Å². The molecule has 0 fully saturated rings. The Labute approximate surface area is 89.5 Å². The van der Waals surface area contributed by atoms with E-state index in [4.69, 9.17) is 0 Å². The zero-order valence-corrected chi connectivity index (χ0v) is 10.3. The van der Waals surface area contributed by atoms with E-state index in [1.165, 1.54) is 43.4 Å². The van der Waals surface area contributed by atoms with Gasteiger partial charge in [0.1, 0.15) is 0 Å². The second kappa shape index (κ2) is 9.22. The molecule has 0 bridgehead atoms. The highest BCUT2D eigenvalue weighted by molar-refractivity contribution is 4.68. The maximum Gasteiger partial charge on any atom is 0.0915 e. The molecule has 2 nitrogen and oxygen atoms in total. The van der Waals surface area contributed by atoms with E-state index in [2.05, 4.69) is 40.0 Å². The van der Waals surface area contributed by atoms with Crippen LogP contribution in [-0.2, 0) is 0 Å². The third kappa shape index (κ3) is 5.40. The average Bonchev–Trinajstić information content (AvgIpc) is 2.06. The predicted molar refractivity (Wildman–Crippen MR) is 62.5 cm³/mol. The van der Waals surface area contributed by atoms with E-state index in [0.717, 1.165) is 0 Å². The van der Waals surface area contributed by atoms with Crippen LogP contribution in [0.3, 0.4) is 0 Å². The molecule has 1 N–H and O–H groups in total. The van der Waals surface area contributed by atoms with Crippen LogP contribution >= 0.6 is 0 Å². The lowest BCUT2D eigenvalue weighted by atomic mass is 10.2. The van der Waals surface area contributed by atoms with Gasteiger partial charge in [-0.1, -0.05) is 20.8 Å². The molecule has 0 radical (unpaired) electrons. The molecule has 0 amide bonds. The first kappa shape index (κ1) is 16.1. The number of quaternary nitrogens is 1. The fourth-order valence-electron chi connectivity index (χ4n) is 2.21. The minimum atomic E-state index is 0. The molecule has 0 aliphatic rings. The lowest BCUT2D eigenvalue weighted by molar-refractivity contribution is -0.879. The second-order valence-electron chi connectivity index (χ2n) is 3.87. The topological polar surface area (TPSA) is 30.0 Å². The van der Waals surface area contributed by atoms with E-state index < -0.39 is 0 Å². The monoisotopic (exact) mass is 201 g/mol. The molecule has 86 valence electrons. The predicted octanol–water partition coefficient (Wildman–Crippen LogP) is 3.39. The van der Waals surface area contributed by atoms with E-state index in [0.29, 0.717) is 0 Å². The Morgan fingerprint density at radius 2 is 1.21 bits per heavy atom. The third-order valence-electron chi connectivity index (χ3n) is 2.47. The Morgan fingerprint density at radius 1 is 0.857 bits per heavy atom. The van der Waals surface area contributed by atoms with Gasteiger partial charge in [0.15, 0.2) is 0 Å². The van der Waals surface area contributed by atoms with Crippen LogP contribution in [0.4, 0.5) is 0 Å². The Hall–Kier alpha value is -0.340. The number of hydrogen-bond acceptors (Lipinski definition) is 1. The minimum absolute atomic E-state index is 0. The summed E-state index contributed by atoms with van der Waals surface area (Å²) in [5.74, 6) is 0. The van der Waals surface area contributed by atoms with Gasteiger partial charge in [0.2, 0.25) is 0 Å². The average molecular weight is 201 g/mol. The van der Waals surface area contributed by atoms with Crippen molar-refractivity contribution in [2.45, 2.75) is 47.0 Å². The molecule has 0 heterocycles. The lowest BCUT2D eigenvalue weighted by Gasteiger charge is -2.34. The van der Waals surface area contributed by atoms with Crippen LogP contribution in [0.1, 0.15) is 47.0 Å². The summed E-state index contributed by atoms with van der Waals surface area (Å²) in [5, 5.41) is 0. The van der Waals surface area contributed by atoms with Crippen LogP contribution in [0.5, 0.6) is 0 Å². The number of rotatable bonds is 7. The molecule has 14 heavy (non-hydrogen) atoms. The summed E-state index contributed by atoms with van der Waals surface area (Å²) in [6.45, 7) is 12.9. The summed E-state index contributed by atoms with van der Waals surface area (Å²) in [6.07, 6.45) is 8.44. The molecular weight excluding hydrogens is 174 g/mol. The normalized spacial score (nSPS) is 11.7. The highest BCUT2D eigenvalue weighted by atomic mass is 16.0. The van der Waals surface area contributed by atoms with Crippen LogP contribution in [0.15, 0.2) is 12.3 Å². The van der Waals surface area contributed by atoms with Crippen molar-refractivity contribution in [2.24, 2.45) is 0 Å². The summed E-state index contributed by atoms with van der Waals surface area (Å²) < 4.78 is 1.19. The minimum Gasteiger partial charge on any atom is -0.870 e. The molecule has 0 unspecified atom stereocenters.